The Labute approximate surface area is 110 Å². The fourth-order valence-corrected chi connectivity index (χ4v) is 4.55. The van der Waals surface area contributed by atoms with Crippen molar-refractivity contribution in [3.05, 3.63) is 22.8 Å². The summed E-state index contributed by atoms with van der Waals surface area (Å²) in [6.07, 6.45) is 10.1. The summed E-state index contributed by atoms with van der Waals surface area (Å²) in [7, 11) is 0. The van der Waals surface area contributed by atoms with Crippen molar-refractivity contribution in [3.8, 4) is 0 Å². The van der Waals surface area contributed by atoms with Crippen LogP contribution in [0.1, 0.15) is 58.8 Å². The molecule has 3 aliphatic carbocycles. The first-order valence-electron chi connectivity index (χ1n) is 7.66. The van der Waals surface area contributed by atoms with Crippen LogP contribution < -0.4 is 0 Å². The Morgan fingerprint density at radius 3 is 2.78 bits per heavy atom. The molecule has 1 saturated carbocycles. The van der Waals surface area contributed by atoms with Crippen LogP contribution in [0.25, 0.3) is 0 Å². The van der Waals surface area contributed by atoms with Crippen LogP contribution in [0.2, 0.25) is 0 Å². The predicted molar refractivity (Wildman–Crippen MR) is 74.3 cm³/mol. The van der Waals surface area contributed by atoms with E-state index in [1.165, 1.54) is 31.3 Å². The van der Waals surface area contributed by atoms with Gasteiger partial charge >= 0.3 is 0 Å². The van der Waals surface area contributed by atoms with Crippen LogP contribution in [0.3, 0.4) is 0 Å². The Morgan fingerprint density at radius 1 is 1.17 bits per heavy atom. The molecule has 3 rings (SSSR count). The molecule has 0 unspecified atom stereocenters. The minimum atomic E-state index is 0.351. The summed E-state index contributed by atoms with van der Waals surface area (Å²) in [5.74, 6) is 2.96. The monoisotopic (exact) mass is 244 g/mol. The summed E-state index contributed by atoms with van der Waals surface area (Å²) in [5, 5.41) is 0. The first-order valence-corrected chi connectivity index (χ1v) is 7.66. The molecule has 98 valence electrons. The fraction of sp³-hybridized carbons (Fsp3) is 0.706. The maximum absolute atomic E-state index is 11.6. The third-order valence-electron chi connectivity index (χ3n) is 5.49. The molecule has 1 heteroatoms. The van der Waals surface area contributed by atoms with Gasteiger partial charge in [0, 0.05) is 6.42 Å². The Balaban J connectivity index is 1.98. The Bertz CT molecular complexity index is 427. The largest absolute Gasteiger partial charge is 0.295 e. The van der Waals surface area contributed by atoms with E-state index in [2.05, 4.69) is 13.8 Å². The van der Waals surface area contributed by atoms with Crippen molar-refractivity contribution >= 4 is 5.78 Å². The third kappa shape index (κ3) is 1.88. The molecule has 0 aliphatic heterocycles. The van der Waals surface area contributed by atoms with Gasteiger partial charge in [-0.15, -0.1) is 0 Å². The molecule has 0 aromatic heterocycles. The zero-order chi connectivity index (χ0) is 12.7. The zero-order valence-corrected chi connectivity index (χ0v) is 11.7. The van der Waals surface area contributed by atoms with E-state index in [0.29, 0.717) is 5.78 Å². The highest BCUT2D eigenvalue weighted by atomic mass is 16.1. The van der Waals surface area contributed by atoms with Crippen molar-refractivity contribution in [1.82, 2.24) is 0 Å². The number of carbonyl (C=O) groups is 1. The van der Waals surface area contributed by atoms with Crippen molar-refractivity contribution in [2.75, 3.05) is 0 Å². The molecule has 0 aromatic carbocycles. The first kappa shape index (κ1) is 12.2. The molecule has 1 fully saturated rings. The molecule has 1 nitrogen and oxygen atoms in total. The summed E-state index contributed by atoms with van der Waals surface area (Å²) < 4.78 is 0. The van der Waals surface area contributed by atoms with Gasteiger partial charge in [0.05, 0.1) is 0 Å². The van der Waals surface area contributed by atoms with Crippen molar-refractivity contribution in [2.45, 2.75) is 58.8 Å². The highest BCUT2D eigenvalue weighted by Gasteiger charge is 2.37. The van der Waals surface area contributed by atoms with Crippen molar-refractivity contribution in [3.63, 3.8) is 0 Å². The number of allylic oxidation sites excluding steroid dienone is 4. The SMILES string of the molecule is CC[C@H]1[C@@H]2CCC3=CC(=O)CCC3=C2CC[C@@H]1C. The zero-order valence-electron chi connectivity index (χ0n) is 11.7. The van der Waals surface area contributed by atoms with E-state index < -0.39 is 0 Å². The normalized spacial score (nSPS) is 36.0. The standard InChI is InChI=1S/C17H24O/c1-3-14-11(2)4-7-17-15-9-6-13(18)10-12(15)5-8-16(14)17/h10-11,14,16H,3-9H2,1-2H3/t11-,14+,16-/m0/s1. The number of ketones is 1. The lowest BCUT2D eigenvalue weighted by Crippen LogP contribution is -2.32. The summed E-state index contributed by atoms with van der Waals surface area (Å²) in [6.45, 7) is 4.79. The van der Waals surface area contributed by atoms with Crippen LogP contribution in [0.15, 0.2) is 22.8 Å². The summed E-state index contributed by atoms with van der Waals surface area (Å²) in [5.41, 5.74) is 4.73. The van der Waals surface area contributed by atoms with Crippen LogP contribution in [-0.2, 0) is 4.79 Å². The van der Waals surface area contributed by atoms with Gasteiger partial charge in [0.15, 0.2) is 5.78 Å². The van der Waals surface area contributed by atoms with Crippen LogP contribution in [-0.4, -0.2) is 5.78 Å². The second kappa shape index (κ2) is 4.68. The van der Waals surface area contributed by atoms with E-state index in [9.17, 15) is 4.79 Å². The minimum Gasteiger partial charge on any atom is -0.295 e. The van der Waals surface area contributed by atoms with Crippen molar-refractivity contribution in [2.24, 2.45) is 17.8 Å². The molecule has 0 bridgehead atoms. The molecule has 0 N–H and O–H groups in total. The molecular weight excluding hydrogens is 220 g/mol. The van der Waals surface area contributed by atoms with E-state index in [0.717, 1.165) is 37.0 Å². The Morgan fingerprint density at radius 2 is 2.00 bits per heavy atom. The molecule has 0 radical (unpaired) electrons. The average molecular weight is 244 g/mol. The Hall–Kier alpha value is -0.850. The minimum absolute atomic E-state index is 0.351. The molecule has 18 heavy (non-hydrogen) atoms. The van der Waals surface area contributed by atoms with Crippen molar-refractivity contribution < 1.29 is 4.79 Å². The van der Waals surface area contributed by atoms with Gasteiger partial charge in [-0.3, -0.25) is 4.79 Å². The maximum atomic E-state index is 11.6. The second-order valence-electron chi connectivity index (χ2n) is 6.37. The van der Waals surface area contributed by atoms with Gasteiger partial charge in [-0.2, -0.15) is 0 Å². The highest BCUT2D eigenvalue weighted by Crippen LogP contribution is 2.49. The second-order valence-corrected chi connectivity index (χ2v) is 6.37. The van der Waals surface area contributed by atoms with Gasteiger partial charge in [0.1, 0.15) is 0 Å². The summed E-state index contributed by atoms with van der Waals surface area (Å²) >= 11 is 0. The average Bonchev–Trinajstić information content (AvgIpc) is 2.37. The quantitative estimate of drug-likeness (QED) is 0.666. The van der Waals surface area contributed by atoms with Gasteiger partial charge < -0.3 is 0 Å². The molecular formula is C17H24O. The van der Waals surface area contributed by atoms with Crippen LogP contribution >= 0.6 is 0 Å². The van der Waals surface area contributed by atoms with Gasteiger partial charge in [-0.1, -0.05) is 25.8 Å². The van der Waals surface area contributed by atoms with E-state index in [-0.39, 0.29) is 0 Å². The highest BCUT2D eigenvalue weighted by molar-refractivity contribution is 5.93. The molecule has 3 aliphatic rings. The number of fused-ring (bicyclic) bond motifs is 2. The van der Waals surface area contributed by atoms with Crippen LogP contribution in [0, 0.1) is 17.8 Å². The van der Waals surface area contributed by atoms with Crippen LogP contribution in [0.5, 0.6) is 0 Å². The Kier molecular flexibility index (Phi) is 3.17. The topological polar surface area (TPSA) is 17.1 Å². The van der Waals surface area contributed by atoms with E-state index in [1.54, 1.807) is 11.1 Å². The summed E-state index contributed by atoms with van der Waals surface area (Å²) in [4.78, 5) is 11.6. The van der Waals surface area contributed by atoms with Crippen molar-refractivity contribution in [1.29, 1.82) is 0 Å². The summed E-state index contributed by atoms with van der Waals surface area (Å²) in [6, 6.07) is 0. The van der Waals surface area contributed by atoms with Gasteiger partial charge in [-0.05, 0) is 67.1 Å². The lowest BCUT2D eigenvalue weighted by atomic mass is 9.62. The van der Waals surface area contributed by atoms with Gasteiger partial charge in [-0.25, -0.2) is 0 Å². The van der Waals surface area contributed by atoms with E-state index >= 15 is 0 Å². The molecule has 0 amide bonds. The molecule has 0 heterocycles. The lowest BCUT2D eigenvalue weighted by Gasteiger charge is -2.43. The van der Waals surface area contributed by atoms with Crippen LogP contribution in [0.4, 0.5) is 0 Å². The first-order chi connectivity index (χ1) is 8.70. The number of rotatable bonds is 1. The fourth-order valence-electron chi connectivity index (χ4n) is 4.55. The molecule has 3 atom stereocenters. The number of carbonyl (C=O) groups excluding carboxylic acids is 1. The smallest absolute Gasteiger partial charge is 0.156 e. The van der Waals surface area contributed by atoms with Gasteiger partial charge in [0.25, 0.3) is 0 Å². The predicted octanol–water partition coefficient (Wildman–Crippen LogP) is 4.44. The van der Waals surface area contributed by atoms with E-state index in [1.807, 2.05) is 6.08 Å². The maximum Gasteiger partial charge on any atom is 0.156 e. The molecule has 0 saturated heterocycles. The lowest BCUT2D eigenvalue weighted by molar-refractivity contribution is -0.114. The van der Waals surface area contributed by atoms with Gasteiger partial charge in [0.2, 0.25) is 0 Å². The van der Waals surface area contributed by atoms with E-state index in [4.69, 9.17) is 0 Å². The number of hydrogen-bond acceptors (Lipinski definition) is 1. The third-order valence-corrected chi connectivity index (χ3v) is 5.49. The number of hydrogen-bond donors (Lipinski definition) is 0. The molecule has 0 aromatic rings. The molecule has 0 spiro atoms.